The van der Waals surface area contributed by atoms with Crippen molar-refractivity contribution in [2.45, 2.75) is 20.4 Å². The maximum Gasteiger partial charge on any atom is 0.296 e. The number of hydrogen-bond donors (Lipinski definition) is 0. The van der Waals surface area contributed by atoms with E-state index in [-0.39, 0.29) is 18.2 Å². The van der Waals surface area contributed by atoms with Gasteiger partial charge >= 0.3 is 0 Å². The molecule has 5 aromatic rings. The first-order valence-corrected chi connectivity index (χ1v) is 10.1. The summed E-state index contributed by atoms with van der Waals surface area (Å²) in [7, 11) is 0. The van der Waals surface area contributed by atoms with E-state index in [1.807, 2.05) is 43.3 Å². The van der Waals surface area contributed by atoms with Gasteiger partial charge in [-0.05, 0) is 49.2 Å². The minimum atomic E-state index is -0.244. The quantitative estimate of drug-likeness (QED) is 0.364. The lowest BCUT2D eigenvalue weighted by Gasteiger charge is -2.17. The van der Waals surface area contributed by atoms with Crippen LogP contribution in [0.2, 0.25) is 0 Å². The number of hydrogen-bond acceptors (Lipinski definition) is 5. The zero-order chi connectivity index (χ0) is 20.0. The molecule has 0 N–H and O–H groups in total. The fraction of sp³-hybridized carbons (Fsp3) is 0.130. The normalized spacial score (nSPS) is 11.4. The molecule has 0 unspecified atom stereocenters. The predicted molar refractivity (Wildman–Crippen MR) is 115 cm³/mol. The number of thiazole rings is 1. The highest BCUT2D eigenvalue weighted by Crippen LogP contribution is 2.35. The lowest BCUT2D eigenvalue weighted by molar-refractivity contribution is 0.0958. The largest absolute Gasteiger partial charge is 0.467 e. The van der Waals surface area contributed by atoms with Gasteiger partial charge in [-0.15, -0.1) is 0 Å². The average Bonchev–Trinajstić information content (AvgIpc) is 3.47. The number of aryl methyl sites for hydroxylation is 2. The highest BCUT2D eigenvalue weighted by molar-refractivity contribution is 7.22. The Morgan fingerprint density at radius 3 is 2.66 bits per heavy atom. The molecule has 2 aromatic carbocycles. The van der Waals surface area contributed by atoms with Crippen molar-refractivity contribution in [2.75, 3.05) is 4.90 Å². The van der Waals surface area contributed by atoms with Gasteiger partial charge in [-0.3, -0.25) is 9.69 Å². The summed E-state index contributed by atoms with van der Waals surface area (Å²) < 4.78 is 12.4. The molecular formula is C23H18N2O3S. The van der Waals surface area contributed by atoms with Crippen molar-refractivity contribution in [3.8, 4) is 0 Å². The van der Waals surface area contributed by atoms with Gasteiger partial charge in [-0.2, -0.15) is 0 Å². The van der Waals surface area contributed by atoms with Crippen LogP contribution in [-0.2, 0) is 6.54 Å². The number of carbonyl (C=O) groups is 1. The molecule has 1 amide bonds. The van der Waals surface area contributed by atoms with Crippen LogP contribution in [0.15, 0.2) is 69.7 Å². The number of amides is 1. The van der Waals surface area contributed by atoms with E-state index in [9.17, 15) is 4.79 Å². The fourth-order valence-corrected chi connectivity index (χ4v) is 4.48. The summed E-state index contributed by atoms with van der Waals surface area (Å²) in [5, 5.41) is 1.52. The maximum atomic E-state index is 13.4. The van der Waals surface area contributed by atoms with Crippen molar-refractivity contribution < 1.29 is 13.6 Å². The second kappa shape index (κ2) is 6.90. The SMILES string of the molecule is Cc1ccc(C)c2sc(N(Cc3ccco3)C(=O)c3cc4ccccc4o3)nc12. The van der Waals surface area contributed by atoms with E-state index in [1.54, 1.807) is 17.2 Å². The molecule has 144 valence electrons. The van der Waals surface area contributed by atoms with Crippen LogP contribution in [0.3, 0.4) is 0 Å². The van der Waals surface area contributed by atoms with Crippen LogP contribution in [0.25, 0.3) is 21.2 Å². The average molecular weight is 402 g/mol. The Kier molecular flexibility index (Phi) is 4.21. The molecule has 29 heavy (non-hydrogen) atoms. The number of anilines is 1. The summed E-state index contributed by atoms with van der Waals surface area (Å²) in [5.41, 5.74) is 3.84. The zero-order valence-electron chi connectivity index (χ0n) is 16.0. The van der Waals surface area contributed by atoms with E-state index < -0.39 is 0 Å². The van der Waals surface area contributed by atoms with Gasteiger partial charge in [0.25, 0.3) is 5.91 Å². The Balaban J connectivity index is 1.62. The third kappa shape index (κ3) is 3.11. The van der Waals surface area contributed by atoms with Gasteiger partial charge in [-0.1, -0.05) is 41.7 Å². The van der Waals surface area contributed by atoms with Gasteiger partial charge < -0.3 is 8.83 Å². The molecule has 3 aromatic heterocycles. The number of furan rings is 2. The van der Waals surface area contributed by atoms with Crippen LogP contribution < -0.4 is 4.90 Å². The number of fused-ring (bicyclic) bond motifs is 2. The third-order valence-electron chi connectivity index (χ3n) is 4.94. The lowest BCUT2D eigenvalue weighted by Crippen LogP contribution is -2.29. The van der Waals surface area contributed by atoms with Crippen molar-refractivity contribution >= 4 is 43.6 Å². The van der Waals surface area contributed by atoms with Crippen molar-refractivity contribution in [1.82, 2.24) is 4.98 Å². The van der Waals surface area contributed by atoms with Crippen LogP contribution in [0, 0.1) is 13.8 Å². The molecule has 0 spiro atoms. The van der Waals surface area contributed by atoms with E-state index in [1.165, 1.54) is 11.3 Å². The van der Waals surface area contributed by atoms with Crippen LogP contribution in [-0.4, -0.2) is 10.9 Å². The molecule has 0 radical (unpaired) electrons. The number of carbonyl (C=O) groups excluding carboxylic acids is 1. The van der Waals surface area contributed by atoms with Crippen molar-refractivity contribution in [3.05, 3.63) is 83.5 Å². The van der Waals surface area contributed by atoms with Crippen LogP contribution >= 0.6 is 11.3 Å². The molecule has 0 saturated carbocycles. The first kappa shape index (κ1) is 17.7. The number of benzene rings is 2. The molecule has 5 nitrogen and oxygen atoms in total. The van der Waals surface area contributed by atoms with Gasteiger partial charge in [-0.25, -0.2) is 4.98 Å². The standard InChI is InChI=1S/C23H18N2O3S/c1-14-9-10-15(2)21-20(14)24-23(29-21)25(13-17-7-5-11-27-17)22(26)19-12-16-6-3-4-8-18(16)28-19/h3-12H,13H2,1-2H3. The topological polar surface area (TPSA) is 59.5 Å². The Labute approximate surface area is 171 Å². The highest BCUT2D eigenvalue weighted by atomic mass is 32.1. The smallest absolute Gasteiger partial charge is 0.296 e. The maximum absolute atomic E-state index is 13.4. The second-order valence-electron chi connectivity index (χ2n) is 6.99. The Morgan fingerprint density at radius 1 is 1.07 bits per heavy atom. The Bertz CT molecular complexity index is 1260. The minimum Gasteiger partial charge on any atom is -0.467 e. The summed E-state index contributed by atoms with van der Waals surface area (Å²) in [6, 6.07) is 17.2. The van der Waals surface area contributed by atoms with Crippen LogP contribution in [0.1, 0.15) is 27.4 Å². The van der Waals surface area contributed by atoms with Crippen LogP contribution in [0.5, 0.6) is 0 Å². The van der Waals surface area contributed by atoms with Gasteiger partial charge in [0.1, 0.15) is 11.3 Å². The molecule has 0 aliphatic rings. The molecule has 0 fully saturated rings. The summed E-state index contributed by atoms with van der Waals surface area (Å²) >= 11 is 1.51. The first-order valence-electron chi connectivity index (χ1n) is 9.30. The van der Waals surface area contributed by atoms with Crippen molar-refractivity contribution in [3.63, 3.8) is 0 Å². The molecule has 0 bridgehead atoms. The van der Waals surface area contributed by atoms with E-state index in [4.69, 9.17) is 13.8 Å². The second-order valence-corrected chi connectivity index (χ2v) is 7.97. The molecule has 0 aliphatic carbocycles. The molecule has 3 heterocycles. The van der Waals surface area contributed by atoms with E-state index in [2.05, 4.69) is 19.1 Å². The van der Waals surface area contributed by atoms with E-state index in [0.717, 1.165) is 26.7 Å². The zero-order valence-corrected chi connectivity index (χ0v) is 16.8. The number of aromatic nitrogens is 1. The highest BCUT2D eigenvalue weighted by Gasteiger charge is 2.26. The van der Waals surface area contributed by atoms with Gasteiger partial charge in [0.2, 0.25) is 0 Å². The summed E-state index contributed by atoms with van der Waals surface area (Å²) in [6.07, 6.45) is 1.60. The molecule has 6 heteroatoms. The summed E-state index contributed by atoms with van der Waals surface area (Å²) in [6.45, 7) is 4.37. The lowest BCUT2D eigenvalue weighted by atomic mass is 10.1. The number of para-hydroxylation sites is 1. The minimum absolute atomic E-state index is 0.244. The van der Waals surface area contributed by atoms with Gasteiger partial charge in [0, 0.05) is 5.39 Å². The molecule has 5 rings (SSSR count). The molecule has 0 aliphatic heterocycles. The van der Waals surface area contributed by atoms with Crippen molar-refractivity contribution in [1.29, 1.82) is 0 Å². The van der Waals surface area contributed by atoms with Crippen LogP contribution in [0.4, 0.5) is 5.13 Å². The number of nitrogens with zero attached hydrogens (tertiary/aromatic N) is 2. The van der Waals surface area contributed by atoms with Gasteiger partial charge in [0.15, 0.2) is 10.9 Å². The van der Waals surface area contributed by atoms with Gasteiger partial charge in [0.05, 0.1) is 23.0 Å². The Hall–Kier alpha value is -3.38. The molecular weight excluding hydrogens is 384 g/mol. The van der Waals surface area contributed by atoms with E-state index in [0.29, 0.717) is 16.5 Å². The number of rotatable bonds is 4. The summed E-state index contributed by atoms with van der Waals surface area (Å²) in [5.74, 6) is 0.722. The Morgan fingerprint density at radius 2 is 1.90 bits per heavy atom. The predicted octanol–water partition coefficient (Wildman–Crippen LogP) is 6.10. The first-order chi connectivity index (χ1) is 14.1. The molecule has 0 saturated heterocycles. The third-order valence-corrected chi connectivity index (χ3v) is 6.15. The monoisotopic (exact) mass is 402 g/mol. The summed E-state index contributed by atoms with van der Waals surface area (Å²) in [4.78, 5) is 19.9. The fourth-order valence-electron chi connectivity index (χ4n) is 3.37. The molecule has 0 atom stereocenters. The van der Waals surface area contributed by atoms with E-state index >= 15 is 0 Å². The van der Waals surface area contributed by atoms with Crippen molar-refractivity contribution in [2.24, 2.45) is 0 Å².